The van der Waals surface area contributed by atoms with Crippen molar-refractivity contribution >= 4 is 17.4 Å². The normalized spacial score (nSPS) is 21.2. The van der Waals surface area contributed by atoms with Crippen molar-refractivity contribution in [1.82, 2.24) is 15.6 Å². The molecular weight excluding hydrogens is 326 g/mol. The van der Waals surface area contributed by atoms with Crippen molar-refractivity contribution in [2.24, 2.45) is 5.92 Å². The summed E-state index contributed by atoms with van der Waals surface area (Å²) in [5.41, 5.74) is 0.688. The second-order valence-electron chi connectivity index (χ2n) is 6.14. The number of amides is 2. The van der Waals surface area contributed by atoms with Gasteiger partial charge in [0.2, 0.25) is 5.89 Å². The quantitative estimate of drug-likeness (QED) is 0.724. The maximum Gasteiger partial charge on any atom is 0.315 e. The molecule has 7 heteroatoms. The minimum atomic E-state index is -0.221. The predicted molar refractivity (Wildman–Crippen MR) is 92.6 cm³/mol. The summed E-state index contributed by atoms with van der Waals surface area (Å²) in [6.07, 6.45) is 6.84. The number of hydrogen-bond acceptors (Lipinski definition) is 5. The molecule has 0 spiro atoms. The molecule has 3 N–H and O–H groups in total. The standard InChI is InChI=1S/C17H23N3O3S/c21-10-12-5-2-1-3-6-14(12)20-17(22)18-9-13-11-23-16(19-13)15-7-4-8-24-15/h4,7-8,11-12,14,21H,1-3,5-6,9-10H2,(H2,18,20,22). The zero-order chi connectivity index (χ0) is 16.8. The van der Waals surface area contributed by atoms with E-state index in [0.29, 0.717) is 18.1 Å². The van der Waals surface area contributed by atoms with Gasteiger partial charge in [0.15, 0.2) is 0 Å². The topological polar surface area (TPSA) is 87.4 Å². The first-order chi connectivity index (χ1) is 11.8. The highest BCUT2D eigenvalue weighted by atomic mass is 32.1. The van der Waals surface area contributed by atoms with Crippen LogP contribution in [-0.4, -0.2) is 28.8 Å². The molecular formula is C17H23N3O3S. The third kappa shape index (κ3) is 4.36. The largest absolute Gasteiger partial charge is 0.443 e. The minimum absolute atomic E-state index is 0.0384. The molecule has 0 bridgehead atoms. The Balaban J connectivity index is 1.50. The molecule has 130 valence electrons. The van der Waals surface area contributed by atoms with Crippen LogP contribution in [0.5, 0.6) is 0 Å². The number of carbonyl (C=O) groups is 1. The molecule has 1 saturated carbocycles. The van der Waals surface area contributed by atoms with Gasteiger partial charge < -0.3 is 20.2 Å². The molecule has 2 unspecified atom stereocenters. The zero-order valence-corrected chi connectivity index (χ0v) is 14.3. The Kier molecular flexibility index (Phi) is 5.87. The first-order valence-electron chi connectivity index (χ1n) is 8.40. The molecule has 1 aliphatic rings. The Labute approximate surface area is 145 Å². The molecule has 24 heavy (non-hydrogen) atoms. The van der Waals surface area contributed by atoms with Crippen LogP contribution in [0.2, 0.25) is 0 Å². The number of aromatic nitrogens is 1. The smallest absolute Gasteiger partial charge is 0.315 e. The molecule has 6 nitrogen and oxygen atoms in total. The van der Waals surface area contributed by atoms with Gasteiger partial charge in [-0.25, -0.2) is 9.78 Å². The molecule has 2 atom stereocenters. The summed E-state index contributed by atoms with van der Waals surface area (Å²) in [6.45, 7) is 0.440. The Hall–Kier alpha value is -1.86. The van der Waals surface area contributed by atoms with Crippen LogP contribution in [-0.2, 0) is 6.54 Å². The second-order valence-corrected chi connectivity index (χ2v) is 7.08. The average molecular weight is 349 g/mol. The van der Waals surface area contributed by atoms with Gasteiger partial charge in [-0.3, -0.25) is 0 Å². The first-order valence-corrected chi connectivity index (χ1v) is 9.27. The Morgan fingerprint density at radius 3 is 3.04 bits per heavy atom. The van der Waals surface area contributed by atoms with Crippen molar-refractivity contribution in [2.45, 2.75) is 44.7 Å². The molecule has 0 aliphatic heterocycles. The number of urea groups is 1. The molecule has 0 radical (unpaired) electrons. The summed E-state index contributed by atoms with van der Waals surface area (Å²) < 4.78 is 5.44. The van der Waals surface area contributed by atoms with Gasteiger partial charge in [0.05, 0.1) is 17.1 Å². The Bertz CT molecular complexity index is 641. The number of rotatable bonds is 5. The van der Waals surface area contributed by atoms with Crippen LogP contribution >= 0.6 is 11.3 Å². The third-order valence-corrected chi connectivity index (χ3v) is 5.28. The minimum Gasteiger partial charge on any atom is -0.443 e. The summed E-state index contributed by atoms with van der Waals surface area (Å²) in [6, 6.07) is 3.71. The highest BCUT2D eigenvalue weighted by Crippen LogP contribution is 2.24. The number of nitrogens with zero attached hydrogens (tertiary/aromatic N) is 1. The SMILES string of the molecule is O=C(NCc1coc(-c2cccs2)n1)NC1CCCCCC1CO. The highest BCUT2D eigenvalue weighted by Gasteiger charge is 2.24. The summed E-state index contributed by atoms with van der Waals surface area (Å²) in [7, 11) is 0. The number of nitrogens with one attached hydrogen (secondary N) is 2. The number of carbonyl (C=O) groups excluding carboxylic acids is 1. The van der Waals surface area contributed by atoms with Gasteiger partial charge in [0.25, 0.3) is 0 Å². The molecule has 2 amide bonds. The van der Waals surface area contributed by atoms with E-state index < -0.39 is 0 Å². The van der Waals surface area contributed by atoms with Crippen LogP contribution in [0.1, 0.15) is 37.8 Å². The lowest BCUT2D eigenvalue weighted by Crippen LogP contribution is -2.45. The summed E-state index contributed by atoms with van der Waals surface area (Å²) in [5.74, 6) is 0.724. The molecule has 1 fully saturated rings. The third-order valence-electron chi connectivity index (χ3n) is 4.42. The first kappa shape index (κ1) is 17.0. The van der Waals surface area contributed by atoms with Crippen LogP contribution < -0.4 is 10.6 Å². The summed E-state index contributed by atoms with van der Waals surface area (Å²) in [4.78, 5) is 17.5. The maximum atomic E-state index is 12.1. The van der Waals surface area contributed by atoms with Crippen LogP contribution in [0.4, 0.5) is 4.79 Å². The van der Waals surface area contributed by atoms with Crippen LogP contribution in [0.3, 0.4) is 0 Å². The van der Waals surface area contributed by atoms with E-state index in [1.54, 1.807) is 17.6 Å². The summed E-state index contributed by atoms with van der Waals surface area (Å²) in [5, 5.41) is 17.3. The highest BCUT2D eigenvalue weighted by molar-refractivity contribution is 7.13. The van der Waals surface area contributed by atoms with Gasteiger partial charge >= 0.3 is 6.03 Å². The number of thiophene rings is 1. The van der Waals surface area contributed by atoms with E-state index in [1.807, 2.05) is 17.5 Å². The van der Waals surface area contributed by atoms with Gasteiger partial charge in [0, 0.05) is 18.6 Å². The van der Waals surface area contributed by atoms with Crippen molar-refractivity contribution in [2.75, 3.05) is 6.61 Å². The van der Waals surface area contributed by atoms with E-state index in [0.717, 1.165) is 30.6 Å². The molecule has 3 rings (SSSR count). The van der Waals surface area contributed by atoms with Crippen LogP contribution in [0.15, 0.2) is 28.2 Å². The molecule has 1 aliphatic carbocycles. The Morgan fingerprint density at radius 1 is 1.38 bits per heavy atom. The van der Waals surface area contributed by atoms with Gasteiger partial charge in [-0.05, 0) is 24.3 Å². The number of hydrogen-bond donors (Lipinski definition) is 3. The van der Waals surface area contributed by atoms with E-state index in [1.165, 1.54) is 6.42 Å². The number of oxazole rings is 1. The fraction of sp³-hybridized carbons (Fsp3) is 0.529. The van der Waals surface area contributed by atoms with Crippen molar-refractivity contribution in [3.63, 3.8) is 0 Å². The molecule has 0 aromatic carbocycles. The van der Waals surface area contributed by atoms with Gasteiger partial charge in [-0.1, -0.05) is 25.3 Å². The molecule has 0 saturated heterocycles. The van der Waals surface area contributed by atoms with Crippen molar-refractivity contribution in [3.8, 4) is 10.8 Å². The van der Waals surface area contributed by atoms with Crippen molar-refractivity contribution < 1.29 is 14.3 Å². The lowest BCUT2D eigenvalue weighted by Gasteiger charge is -2.24. The van der Waals surface area contributed by atoms with Crippen molar-refractivity contribution in [1.29, 1.82) is 0 Å². The van der Waals surface area contributed by atoms with Gasteiger partial charge in [-0.2, -0.15) is 0 Å². The average Bonchev–Trinajstić information content (AvgIpc) is 3.22. The van der Waals surface area contributed by atoms with Crippen molar-refractivity contribution in [3.05, 3.63) is 29.5 Å². The molecule has 2 heterocycles. The predicted octanol–water partition coefficient (Wildman–Crippen LogP) is 3.14. The fourth-order valence-electron chi connectivity index (χ4n) is 3.08. The zero-order valence-electron chi connectivity index (χ0n) is 13.5. The van der Waals surface area contributed by atoms with Gasteiger partial charge in [0.1, 0.15) is 6.26 Å². The lowest BCUT2D eigenvalue weighted by atomic mass is 9.96. The van der Waals surface area contributed by atoms with Crippen LogP contribution in [0, 0.1) is 5.92 Å². The number of aliphatic hydroxyl groups is 1. The van der Waals surface area contributed by atoms with E-state index in [9.17, 15) is 9.90 Å². The van der Waals surface area contributed by atoms with E-state index in [-0.39, 0.29) is 24.6 Å². The van der Waals surface area contributed by atoms with E-state index in [4.69, 9.17) is 4.42 Å². The second kappa shape index (κ2) is 8.30. The molecule has 2 aromatic heterocycles. The Morgan fingerprint density at radius 2 is 2.25 bits per heavy atom. The maximum absolute atomic E-state index is 12.1. The lowest BCUT2D eigenvalue weighted by molar-refractivity contribution is 0.179. The fourth-order valence-corrected chi connectivity index (χ4v) is 3.74. The van der Waals surface area contributed by atoms with Crippen LogP contribution in [0.25, 0.3) is 10.8 Å². The van der Waals surface area contributed by atoms with E-state index in [2.05, 4.69) is 15.6 Å². The van der Waals surface area contributed by atoms with E-state index >= 15 is 0 Å². The monoisotopic (exact) mass is 349 g/mol. The number of aliphatic hydroxyl groups excluding tert-OH is 1. The summed E-state index contributed by atoms with van der Waals surface area (Å²) >= 11 is 1.56. The molecule has 2 aromatic rings. The van der Waals surface area contributed by atoms with Gasteiger partial charge in [-0.15, -0.1) is 11.3 Å².